The minimum absolute atomic E-state index is 0.0283. The minimum atomic E-state index is -0.501. The molecule has 1 saturated carbocycles. The number of carbonyl (C=O) groups excluding carboxylic acids is 2. The molecule has 0 heterocycles. The normalized spacial score (nSPS) is 20.8. The molecule has 84 valence electrons. The van der Waals surface area contributed by atoms with Crippen LogP contribution in [0.25, 0.3) is 0 Å². The average Bonchev–Trinajstić information content (AvgIpc) is 2.30. The molecule has 1 unspecified atom stereocenters. The zero-order valence-electron chi connectivity index (χ0n) is 8.91. The SMILES string of the molecule is O=C1CCCCC1C(=O)c1ccc(F)cc1. The number of Topliss-reactive ketones (excluding diaryl/α,β-unsaturated/α-hetero) is 2. The van der Waals surface area contributed by atoms with Gasteiger partial charge in [-0.05, 0) is 37.1 Å². The first-order valence-corrected chi connectivity index (χ1v) is 5.51. The van der Waals surface area contributed by atoms with Crippen LogP contribution in [0.15, 0.2) is 24.3 Å². The fourth-order valence-corrected chi connectivity index (χ4v) is 2.08. The standard InChI is InChI=1S/C13H13FO2/c14-10-7-5-9(6-8-10)13(16)11-3-1-2-4-12(11)15/h5-8,11H,1-4H2. The molecule has 0 amide bonds. The van der Waals surface area contributed by atoms with E-state index in [1.807, 2.05) is 0 Å². The first-order valence-electron chi connectivity index (χ1n) is 5.51. The van der Waals surface area contributed by atoms with Crippen LogP contribution in [0.1, 0.15) is 36.0 Å². The lowest BCUT2D eigenvalue weighted by molar-refractivity contribution is -0.122. The number of halogens is 1. The molecule has 1 atom stereocenters. The fourth-order valence-electron chi connectivity index (χ4n) is 2.08. The number of hydrogen-bond donors (Lipinski definition) is 0. The largest absolute Gasteiger partial charge is 0.299 e. The van der Waals surface area contributed by atoms with Gasteiger partial charge in [-0.3, -0.25) is 9.59 Å². The van der Waals surface area contributed by atoms with E-state index >= 15 is 0 Å². The Morgan fingerprint density at radius 2 is 1.88 bits per heavy atom. The average molecular weight is 220 g/mol. The lowest BCUT2D eigenvalue weighted by atomic mass is 9.83. The van der Waals surface area contributed by atoms with E-state index in [0.29, 0.717) is 18.4 Å². The van der Waals surface area contributed by atoms with Crippen molar-refractivity contribution < 1.29 is 14.0 Å². The van der Waals surface area contributed by atoms with E-state index in [-0.39, 0.29) is 17.4 Å². The van der Waals surface area contributed by atoms with E-state index in [1.165, 1.54) is 24.3 Å². The van der Waals surface area contributed by atoms with Crippen molar-refractivity contribution in [3.05, 3.63) is 35.6 Å². The first kappa shape index (κ1) is 11.0. The quantitative estimate of drug-likeness (QED) is 0.567. The fraction of sp³-hybridized carbons (Fsp3) is 0.385. The van der Waals surface area contributed by atoms with Gasteiger partial charge in [-0.1, -0.05) is 6.42 Å². The predicted octanol–water partition coefficient (Wildman–Crippen LogP) is 2.77. The summed E-state index contributed by atoms with van der Waals surface area (Å²) >= 11 is 0. The zero-order chi connectivity index (χ0) is 11.5. The third-order valence-corrected chi connectivity index (χ3v) is 3.00. The van der Waals surface area contributed by atoms with Crippen molar-refractivity contribution in [1.82, 2.24) is 0 Å². The van der Waals surface area contributed by atoms with Gasteiger partial charge < -0.3 is 0 Å². The van der Waals surface area contributed by atoms with Crippen molar-refractivity contribution in [2.75, 3.05) is 0 Å². The Morgan fingerprint density at radius 1 is 1.19 bits per heavy atom. The summed E-state index contributed by atoms with van der Waals surface area (Å²) in [6.45, 7) is 0. The molecule has 1 fully saturated rings. The molecule has 0 aromatic heterocycles. The van der Waals surface area contributed by atoms with Crippen LogP contribution in [0.2, 0.25) is 0 Å². The Labute approximate surface area is 93.5 Å². The van der Waals surface area contributed by atoms with Crippen LogP contribution < -0.4 is 0 Å². The van der Waals surface area contributed by atoms with Gasteiger partial charge in [-0.15, -0.1) is 0 Å². The van der Waals surface area contributed by atoms with E-state index in [4.69, 9.17) is 0 Å². The maximum absolute atomic E-state index is 12.7. The van der Waals surface area contributed by atoms with Crippen LogP contribution in [0.3, 0.4) is 0 Å². The van der Waals surface area contributed by atoms with Gasteiger partial charge in [0.25, 0.3) is 0 Å². The Hall–Kier alpha value is -1.51. The third kappa shape index (κ3) is 2.18. The Balaban J connectivity index is 2.17. The van der Waals surface area contributed by atoms with Gasteiger partial charge in [0.15, 0.2) is 5.78 Å². The molecule has 1 aromatic rings. The smallest absolute Gasteiger partial charge is 0.173 e. The topological polar surface area (TPSA) is 34.1 Å². The molecule has 2 nitrogen and oxygen atoms in total. The molecule has 1 aromatic carbocycles. The number of carbonyl (C=O) groups is 2. The Bertz CT molecular complexity index is 408. The molecule has 3 heteroatoms. The van der Waals surface area contributed by atoms with Crippen LogP contribution in [0.5, 0.6) is 0 Å². The molecule has 0 saturated heterocycles. The summed E-state index contributed by atoms with van der Waals surface area (Å²) in [5.74, 6) is -1.00. The highest BCUT2D eigenvalue weighted by molar-refractivity contribution is 6.10. The van der Waals surface area contributed by atoms with Crippen LogP contribution in [0, 0.1) is 11.7 Å². The van der Waals surface area contributed by atoms with Crippen molar-refractivity contribution in [2.24, 2.45) is 5.92 Å². The van der Waals surface area contributed by atoms with Crippen molar-refractivity contribution in [1.29, 1.82) is 0 Å². The first-order chi connectivity index (χ1) is 7.68. The third-order valence-electron chi connectivity index (χ3n) is 3.00. The highest BCUT2D eigenvalue weighted by Crippen LogP contribution is 2.24. The number of hydrogen-bond acceptors (Lipinski definition) is 2. The second-order valence-corrected chi connectivity index (χ2v) is 4.14. The van der Waals surface area contributed by atoms with E-state index in [0.717, 1.165) is 12.8 Å². The molecular weight excluding hydrogens is 207 g/mol. The monoisotopic (exact) mass is 220 g/mol. The van der Waals surface area contributed by atoms with Crippen LogP contribution >= 0.6 is 0 Å². The maximum Gasteiger partial charge on any atom is 0.173 e. The summed E-state index contributed by atoms with van der Waals surface area (Å²) in [5.41, 5.74) is 0.432. The van der Waals surface area contributed by atoms with Gasteiger partial charge in [0, 0.05) is 12.0 Å². The molecule has 1 aliphatic carbocycles. The Kier molecular flexibility index (Phi) is 3.13. The number of rotatable bonds is 2. The van der Waals surface area contributed by atoms with Gasteiger partial charge in [-0.2, -0.15) is 0 Å². The predicted molar refractivity (Wildman–Crippen MR) is 57.7 cm³/mol. The molecular formula is C13H13FO2. The van der Waals surface area contributed by atoms with Gasteiger partial charge in [0.05, 0.1) is 5.92 Å². The van der Waals surface area contributed by atoms with Crippen LogP contribution in [-0.4, -0.2) is 11.6 Å². The molecule has 0 aliphatic heterocycles. The van der Waals surface area contributed by atoms with Crippen LogP contribution in [0.4, 0.5) is 4.39 Å². The highest BCUT2D eigenvalue weighted by atomic mass is 19.1. The molecule has 0 radical (unpaired) electrons. The van der Waals surface area contributed by atoms with E-state index in [9.17, 15) is 14.0 Å². The summed E-state index contributed by atoms with van der Waals surface area (Å²) in [7, 11) is 0. The summed E-state index contributed by atoms with van der Waals surface area (Å²) in [5, 5.41) is 0. The maximum atomic E-state index is 12.7. The van der Waals surface area contributed by atoms with E-state index < -0.39 is 5.92 Å². The second kappa shape index (κ2) is 4.56. The van der Waals surface area contributed by atoms with E-state index in [1.54, 1.807) is 0 Å². The Morgan fingerprint density at radius 3 is 2.50 bits per heavy atom. The molecule has 0 bridgehead atoms. The van der Waals surface area contributed by atoms with Crippen molar-refractivity contribution >= 4 is 11.6 Å². The molecule has 2 rings (SSSR count). The summed E-state index contributed by atoms with van der Waals surface area (Å²) < 4.78 is 12.7. The lowest BCUT2D eigenvalue weighted by Gasteiger charge is -2.19. The van der Waals surface area contributed by atoms with Crippen LogP contribution in [-0.2, 0) is 4.79 Å². The van der Waals surface area contributed by atoms with Gasteiger partial charge in [0.1, 0.15) is 11.6 Å². The van der Waals surface area contributed by atoms with Crippen molar-refractivity contribution in [2.45, 2.75) is 25.7 Å². The molecule has 0 N–H and O–H groups in total. The van der Waals surface area contributed by atoms with Gasteiger partial charge in [0.2, 0.25) is 0 Å². The lowest BCUT2D eigenvalue weighted by Crippen LogP contribution is -2.27. The second-order valence-electron chi connectivity index (χ2n) is 4.14. The highest BCUT2D eigenvalue weighted by Gasteiger charge is 2.29. The minimum Gasteiger partial charge on any atom is -0.299 e. The molecule has 0 spiro atoms. The van der Waals surface area contributed by atoms with Gasteiger partial charge >= 0.3 is 0 Å². The van der Waals surface area contributed by atoms with Crippen molar-refractivity contribution in [3.8, 4) is 0 Å². The molecule has 1 aliphatic rings. The summed E-state index contributed by atoms with van der Waals surface area (Å²) in [6, 6.07) is 5.39. The summed E-state index contributed by atoms with van der Waals surface area (Å²) in [4.78, 5) is 23.6. The van der Waals surface area contributed by atoms with E-state index in [2.05, 4.69) is 0 Å². The number of benzene rings is 1. The van der Waals surface area contributed by atoms with Crippen molar-refractivity contribution in [3.63, 3.8) is 0 Å². The van der Waals surface area contributed by atoms with Gasteiger partial charge in [-0.25, -0.2) is 4.39 Å². The zero-order valence-corrected chi connectivity index (χ0v) is 8.91. The molecule has 16 heavy (non-hydrogen) atoms. The number of ketones is 2. The summed E-state index contributed by atoms with van der Waals surface area (Å²) in [6.07, 6.45) is 2.93.